The van der Waals surface area contributed by atoms with Gasteiger partial charge in [0.15, 0.2) is 5.84 Å². The van der Waals surface area contributed by atoms with E-state index in [1.165, 1.54) is 16.7 Å². The van der Waals surface area contributed by atoms with Gasteiger partial charge in [-0.15, -0.1) is 0 Å². The number of benzene rings is 2. The second kappa shape index (κ2) is 9.14. The molecule has 1 saturated heterocycles. The number of aryl methyl sites for hydroxylation is 2. The molecule has 1 fully saturated rings. The van der Waals surface area contributed by atoms with Crippen LogP contribution in [0.4, 0.5) is 0 Å². The first kappa shape index (κ1) is 21.3. The molecule has 0 spiro atoms. The fraction of sp³-hybridized carbons (Fsp3) is 0.333. The van der Waals surface area contributed by atoms with Gasteiger partial charge in [0.05, 0.1) is 30.9 Å². The van der Waals surface area contributed by atoms with Crippen molar-refractivity contribution in [2.75, 3.05) is 20.3 Å². The van der Waals surface area contributed by atoms with E-state index in [9.17, 15) is 0 Å². The summed E-state index contributed by atoms with van der Waals surface area (Å²) in [5.41, 5.74) is 6.78. The number of ether oxygens (including phenoxy) is 1. The third kappa shape index (κ3) is 4.38. The summed E-state index contributed by atoms with van der Waals surface area (Å²) >= 11 is 0. The quantitative estimate of drug-likeness (QED) is 0.539. The van der Waals surface area contributed by atoms with Gasteiger partial charge >= 0.3 is 0 Å². The largest absolute Gasteiger partial charge is 0.495 e. The van der Waals surface area contributed by atoms with Crippen LogP contribution in [0, 0.1) is 13.8 Å². The molecule has 0 N–H and O–H groups in total. The van der Waals surface area contributed by atoms with Crippen molar-refractivity contribution in [3.63, 3.8) is 0 Å². The summed E-state index contributed by atoms with van der Waals surface area (Å²) in [4.78, 5) is 12.5. The molecule has 1 aromatic heterocycles. The second-order valence-electron chi connectivity index (χ2n) is 8.81. The molecule has 2 aliphatic heterocycles. The molecule has 0 amide bonds. The lowest BCUT2D eigenvalue weighted by Crippen LogP contribution is -2.40. The van der Waals surface area contributed by atoms with Crippen LogP contribution < -0.4 is 4.74 Å². The monoisotopic (exact) mass is 442 g/mol. The zero-order chi connectivity index (χ0) is 22.8. The zero-order valence-electron chi connectivity index (χ0n) is 19.5. The van der Waals surface area contributed by atoms with Crippen LogP contribution in [0.25, 0.3) is 11.8 Å². The molecule has 33 heavy (non-hydrogen) atoms. The maximum Gasteiger partial charge on any atom is 0.172 e. The Morgan fingerprint density at radius 3 is 2.70 bits per heavy atom. The molecule has 2 aliphatic rings. The Hall–Kier alpha value is -3.54. The van der Waals surface area contributed by atoms with Gasteiger partial charge in [-0.3, -0.25) is 0 Å². The van der Waals surface area contributed by atoms with Gasteiger partial charge in [-0.25, -0.2) is 4.98 Å². The van der Waals surface area contributed by atoms with Gasteiger partial charge in [0.25, 0.3) is 0 Å². The molecule has 6 heteroatoms. The summed E-state index contributed by atoms with van der Waals surface area (Å²) < 4.78 is 7.70. The van der Waals surface area contributed by atoms with Crippen LogP contribution in [0.2, 0.25) is 0 Å². The number of hydrogen-bond donors (Lipinski definition) is 0. The number of methoxy groups -OCH3 is 1. The molecule has 3 aromatic rings. The highest BCUT2D eigenvalue weighted by atomic mass is 16.6. The Kier molecular flexibility index (Phi) is 5.90. The lowest BCUT2D eigenvalue weighted by Gasteiger charge is -2.36. The van der Waals surface area contributed by atoms with E-state index >= 15 is 0 Å². The van der Waals surface area contributed by atoms with Gasteiger partial charge in [-0.2, -0.15) is 0 Å². The van der Waals surface area contributed by atoms with Crippen LogP contribution in [-0.2, 0) is 4.84 Å². The first-order valence-corrected chi connectivity index (χ1v) is 11.6. The van der Waals surface area contributed by atoms with Crippen LogP contribution in [0.15, 0.2) is 65.7 Å². The minimum atomic E-state index is 0.181. The molecule has 0 saturated carbocycles. The lowest BCUT2D eigenvalue weighted by atomic mass is 10.0. The highest BCUT2D eigenvalue weighted by Gasteiger charge is 2.31. The average molecular weight is 443 g/mol. The Bertz CT molecular complexity index is 1190. The number of rotatable bonds is 4. The Morgan fingerprint density at radius 2 is 1.94 bits per heavy atom. The van der Waals surface area contributed by atoms with Crippen molar-refractivity contribution in [1.82, 2.24) is 14.5 Å². The molecule has 0 bridgehead atoms. The summed E-state index contributed by atoms with van der Waals surface area (Å²) in [5.74, 6) is 1.77. The van der Waals surface area contributed by atoms with E-state index in [-0.39, 0.29) is 6.04 Å². The van der Waals surface area contributed by atoms with E-state index in [1.807, 2.05) is 24.0 Å². The van der Waals surface area contributed by atoms with Crippen LogP contribution in [-0.4, -0.2) is 40.5 Å². The number of oxime groups is 1. The van der Waals surface area contributed by atoms with E-state index in [1.54, 1.807) is 7.11 Å². The van der Waals surface area contributed by atoms with Crippen LogP contribution in [0.3, 0.4) is 0 Å². The molecule has 6 nitrogen and oxygen atoms in total. The smallest absolute Gasteiger partial charge is 0.172 e. The molecule has 5 rings (SSSR count). The van der Waals surface area contributed by atoms with E-state index < -0.39 is 0 Å². The second-order valence-corrected chi connectivity index (χ2v) is 8.81. The number of imidazole rings is 1. The molecule has 2 aromatic carbocycles. The molecule has 170 valence electrons. The molecule has 0 aliphatic carbocycles. The summed E-state index contributed by atoms with van der Waals surface area (Å²) in [7, 11) is 1.71. The number of hydrogen-bond acceptors (Lipinski definition) is 5. The highest BCUT2D eigenvalue weighted by Crippen LogP contribution is 2.33. The van der Waals surface area contributed by atoms with Crippen LogP contribution in [0.5, 0.6) is 5.75 Å². The molecule has 0 radical (unpaired) electrons. The van der Waals surface area contributed by atoms with Gasteiger partial charge in [0.1, 0.15) is 12.4 Å². The van der Waals surface area contributed by atoms with E-state index in [4.69, 9.17) is 9.57 Å². The fourth-order valence-corrected chi connectivity index (χ4v) is 4.63. The first-order valence-electron chi connectivity index (χ1n) is 11.6. The van der Waals surface area contributed by atoms with Crippen molar-refractivity contribution in [2.24, 2.45) is 5.16 Å². The van der Waals surface area contributed by atoms with Gasteiger partial charge in [-0.05, 0) is 68.0 Å². The molecule has 0 unspecified atom stereocenters. The van der Waals surface area contributed by atoms with Crippen molar-refractivity contribution < 1.29 is 9.57 Å². The Morgan fingerprint density at radius 1 is 1.09 bits per heavy atom. The highest BCUT2D eigenvalue weighted by molar-refractivity contribution is 6.02. The molecular formula is C27H30N4O2. The third-order valence-electron chi connectivity index (χ3n) is 6.41. The Balaban J connectivity index is 1.47. The van der Waals surface area contributed by atoms with E-state index in [0.717, 1.165) is 54.3 Å². The minimum Gasteiger partial charge on any atom is -0.495 e. The van der Waals surface area contributed by atoms with Gasteiger partial charge < -0.3 is 19.0 Å². The summed E-state index contributed by atoms with van der Waals surface area (Å²) in [5, 5.41) is 4.52. The normalized spacial score (nSPS) is 19.5. The van der Waals surface area contributed by atoms with Crippen molar-refractivity contribution in [2.45, 2.75) is 39.2 Å². The average Bonchev–Trinajstić information content (AvgIpc) is 3.16. The van der Waals surface area contributed by atoms with Crippen molar-refractivity contribution in [1.29, 1.82) is 0 Å². The SMILES string of the molecule is COc1cc(/C=C2\CCCCN3C2=NOC[C@@H]3c2ccc(C)cc2)ccc1-n1cnc(C)c1. The number of fused-ring (bicyclic) bond motifs is 1. The molecule has 3 heterocycles. The lowest BCUT2D eigenvalue weighted by molar-refractivity contribution is 0.0614. The predicted octanol–water partition coefficient (Wildman–Crippen LogP) is 5.45. The first-order chi connectivity index (χ1) is 16.1. The fourth-order valence-electron chi connectivity index (χ4n) is 4.63. The summed E-state index contributed by atoms with van der Waals surface area (Å²) in [6.07, 6.45) is 9.28. The Labute approximate surface area is 195 Å². The van der Waals surface area contributed by atoms with E-state index in [2.05, 4.69) is 70.5 Å². The van der Waals surface area contributed by atoms with E-state index in [0.29, 0.717) is 6.61 Å². The topological polar surface area (TPSA) is 51.9 Å². The number of aromatic nitrogens is 2. The maximum atomic E-state index is 5.75. The molecule has 1 atom stereocenters. The van der Waals surface area contributed by atoms with Crippen molar-refractivity contribution in [3.05, 3.63) is 82.9 Å². The van der Waals surface area contributed by atoms with Crippen LogP contribution >= 0.6 is 0 Å². The van der Waals surface area contributed by atoms with Crippen molar-refractivity contribution >= 4 is 11.9 Å². The maximum absolute atomic E-state index is 5.75. The summed E-state index contributed by atoms with van der Waals surface area (Å²) in [6, 6.07) is 15.2. The van der Waals surface area contributed by atoms with Gasteiger partial charge in [0.2, 0.25) is 0 Å². The molecular weight excluding hydrogens is 412 g/mol. The van der Waals surface area contributed by atoms with Crippen molar-refractivity contribution in [3.8, 4) is 11.4 Å². The van der Waals surface area contributed by atoms with Crippen LogP contribution in [0.1, 0.15) is 47.7 Å². The minimum absolute atomic E-state index is 0.181. The zero-order valence-corrected chi connectivity index (χ0v) is 19.5. The van der Waals surface area contributed by atoms with Gasteiger partial charge in [-0.1, -0.05) is 41.1 Å². The number of nitrogens with zero attached hydrogens (tertiary/aromatic N) is 4. The predicted molar refractivity (Wildman–Crippen MR) is 131 cm³/mol. The standard InChI is InChI=1S/C27H30N4O2/c1-19-7-10-22(11-8-19)25-17-33-29-27-23(6-4-5-13-31(25)27)14-21-9-12-24(26(15-21)32-3)30-16-20(2)28-18-30/h7-12,14-16,18,25H,4-6,13,17H2,1-3H3/b23-14+/t25-/m1/s1. The summed E-state index contributed by atoms with van der Waals surface area (Å²) in [6.45, 7) is 5.66. The third-order valence-corrected chi connectivity index (χ3v) is 6.41. The number of amidine groups is 1. The van der Waals surface area contributed by atoms with Gasteiger partial charge in [0, 0.05) is 12.7 Å².